The van der Waals surface area contributed by atoms with Crippen LogP contribution in [0.3, 0.4) is 0 Å². The zero-order valence-electron chi connectivity index (χ0n) is 15.7. The van der Waals surface area contributed by atoms with E-state index in [2.05, 4.69) is 0 Å². The molecule has 0 amide bonds. The molecule has 0 aliphatic carbocycles. The predicted molar refractivity (Wildman–Crippen MR) is 112 cm³/mol. The maximum Gasteiger partial charge on any atom is 0.338 e. The molecule has 0 bridgehead atoms. The second kappa shape index (κ2) is 8.10. The molecular formula is C24H18ClFO3. The van der Waals surface area contributed by atoms with E-state index in [9.17, 15) is 9.18 Å². The van der Waals surface area contributed by atoms with Crippen molar-refractivity contribution in [2.45, 2.75) is 13.3 Å². The highest BCUT2D eigenvalue weighted by Crippen LogP contribution is 2.32. The maximum absolute atomic E-state index is 13.4. The van der Waals surface area contributed by atoms with Crippen molar-refractivity contribution in [1.82, 2.24) is 0 Å². The van der Waals surface area contributed by atoms with Gasteiger partial charge in [-0.25, -0.2) is 9.18 Å². The van der Waals surface area contributed by atoms with Crippen LogP contribution < -0.4 is 0 Å². The van der Waals surface area contributed by atoms with Crippen LogP contribution in [0.4, 0.5) is 4.39 Å². The van der Waals surface area contributed by atoms with Crippen LogP contribution in [-0.4, -0.2) is 12.6 Å². The quantitative estimate of drug-likeness (QED) is 0.346. The third-order valence-corrected chi connectivity index (χ3v) is 4.93. The SMILES string of the molecule is CCOC(=O)c1cccc(-c2cccc3cc(Cc4ccc(F)c(Cl)c4)oc23)c1. The smallest absolute Gasteiger partial charge is 0.338 e. The summed E-state index contributed by atoms with van der Waals surface area (Å²) in [7, 11) is 0. The van der Waals surface area contributed by atoms with E-state index in [1.807, 2.05) is 36.4 Å². The van der Waals surface area contributed by atoms with Crippen molar-refractivity contribution in [2.24, 2.45) is 0 Å². The molecule has 1 heterocycles. The van der Waals surface area contributed by atoms with Crippen molar-refractivity contribution >= 4 is 28.5 Å². The van der Waals surface area contributed by atoms with E-state index >= 15 is 0 Å². The lowest BCUT2D eigenvalue weighted by Crippen LogP contribution is -2.04. The fraction of sp³-hybridized carbons (Fsp3) is 0.125. The number of hydrogen-bond acceptors (Lipinski definition) is 3. The number of carbonyl (C=O) groups is 1. The number of carbonyl (C=O) groups excluding carboxylic acids is 1. The first-order chi connectivity index (χ1) is 14.0. The van der Waals surface area contributed by atoms with Crippen LogP contribution in [-0.2, 0) is 11.2 Å². The number of esters is 1. The second-order valence-electron chi connectivity index (χ2n) is 6.66. The molecule has 0 spiro atoms. The van der Waals surface area contributed by atoms with E-state index in [4.69, 9.17) is 20.8 Å². The summed E-state index contributed by atoms with van der Waals surface area (Å²) in [6.07, 6.45) is 0.497. The van der Waals surface area contributed by atoms with Gasteiger partial charge in [0.2, 0.25) is 0 Å². The van der Waals surface area contributed by atoms with Crippen LogP contribution in [0.15, 0.2) is 71.1 Å². The Balaban J connectivity index is 1.70. The number of rotatable bonds is 5. The van der Waals surface area contributed by atoms with Gasteiger partial charge >= 0.3 is 5.97 Å². The molecule has 4 aromatic rings. The van der Waals surface area contributed by atoms with Gasteiger partial charge in [-0.2, -0.15) is 0 Å². The first-order valence-electron chi connectivity index (χ1n) is 9.28. The summed E-state index contributed by atoms with van der Waals surface area (Å²) in [4.78, 5) is 12.1. The Hall–Kier alpha value is -3.11. The normalized spacial score (nSPS) is 11.0. The van der Waals surface area contributed by atoms with Crippen LogP contribution in [0, 0.1) is 5.82 Å². The number of fused-ring (bicyclic) bond motifs is 1. The topological polar surface area (TPSA) is 39.4 Å². The molecule has 0 N–H and O–H groups in total. The Morgan fingerprint density at radius 3 is 2.69 bits per heavy atom. The molecule has 0 saturated heterocycles. The minimum absolute atomic E-state index is 0.0927. The zero-order valence-corrected chi connectivity index (χ0v) is 16.5. The van der Waals surface area contributed by atoms with Crippen molar-refractivity contribution in [3.63, 3.8) is 0 Å². The largest absolute Gasteiger partial charge is 0.462 e. The summed E-state index contributed by atoms with van der Waals surface area (Å²) in [5, 5.41) is 1.04. The summed E-state index contributed by atoms with van der Waals surface area (Å²) in [6.45, 7) is 2.11. The average molecular weight is 409 g/mol. The molecule has 5 heteroatoms. The van der Waals surface area contributed by atoms with Gasteiger partial charge in [-0.3, -0.25) is 0 Å². The molecule has 0 unspecified atom stereocenters. The number of para-hydroxylation sites is 1. The first-order valence-corrected chi connectivity index (χ1v) is 9.66. The molecule has 0 aliphatic heterocycles. The van der Waals surface area contributed by atoms with E-state index < -0.39 is 5.82 Å². The third-order valence-electron chi connectivity index (χ3n) is 4.64. The van der Waals surface area contributed by atoms with E-state index in [1.54, 1.807) is 31.2 Å². The van der Waals surface area contributed by atoms with Crippen molar-refractivity contribution in [1.29, 1.82) is 0 Å². The van der Waals surface area contributed by atoms with E-state index in [0.717, 1.165) is 33.4 Å². The van der Waals surface area contributed by atoms with Crippen LogP contribution in [0.25, 0.3) is 22.1 Å². The second-order valence-corrected chi connectivity index (χ2v) is 7.07. The van der Waals surface area contributed by atoms with Crippen LogP contribution >= 0.6 is 11.6 Å². The van der Waals surface area contributed by atoms with Gasteiger partial charge in [0.25, 0.3) is 0 Å². The Kier molecular flexibility index (Phi) is 5.36. The molecule has 0 radical (unpaired) electrons. The number of furan rings is 1. The average Bonchev–Trinajstić information content (AvgIpc) is 3.13. The number of ether oxygens (including phenoxy) is 1. The van der Waals surface area contributed by atoms with Gasteiger partial charge in [0, 0.05) is 17.4 Å². The van der Waals surface area contributed by atoms with Crippen molar-refractivity contribution in [3.05, 3.63) is 94.5 Å². The highest BCUT2D eigenvalue weighted by molar-refractivity contribution is 6.30. The Morgan fingerprint density at radius 1 is 1.07 bits per heavy atom. The summed E-state index contributed by atoms with van der Waals surface area (Å²) in [5.41, 5.74) is 3.84. The Labute approximate surface area is 172 Å². The lowest BCUT2D eigenvalue weighted by molar-refractivity contribution is 0.0526. The molecule has 3 aromatic carbocycles. The molecule has 0 saturated carbocycles. The van der Waals surface area contributed by atoms with Gasteiger partial charge in [0.15, 0.2) is 0 Å². The van der Waals surface area contributed by atoms with Crippen LogP contribution in [0.1, 0.15) is 28.6 Å². The molecule has 0 atom stereocenters. The maximum atomic E-state index is 13.4. The molecule has 1 aromatic heterocycles. The molecule has 0 fully saturated rings. The summed E-state index contributed by atoms with van der Waals surface area (Å²) in [5.74, 6) is -0.0460. The summed E-state index contributed by atoms with van der Waals surface area (Å²) in [6, 6.07) is 19.8. The molecular weight excluding hydrogens is 391 g/mol. The van der Waals surface area contributed by atoms with Gasteiger partial charge in [-0.15, -0.1) is 0 Å². The van der Waals surface area contributed by atoms with Crippen molar-refractivity contribution in [3.8, 4) is 11.1 Å². The number of benzene rings is 3. The standard InChI is InChI=1S/C24H18ClFO3/c1-2-28-24(27)18-7-3-5-16(13-18)20-8-4-6-17-14-19(29-23(17)20)11-15-9-10-22(26)21(25)12-15/h3-10,12-14H,2,11H2,1H3. The minimum Gasteiger partial charge on any atom is -0.462 e. The molecule has 0 aliphatic rings. The van der Waals surface area contributed by atoms with E-state index in [1.165, 1.54) is 6.07 Å². The molecule has 146 valence electrons. The van der Waals surface area contributed by atoms with Crippen molar-refractivity contribution in [2.75, 3.05) is 6.61 Å². The lowest BCUT2D eigenvalue weighted by Gasteiger charge is -2.06. The number of hydrogen-bond donors (Lipinski definition) is 0. The van der Waals surface area contributed by atoms with E-state index in [0.29, 0.717) is 18.6 Å². The molecule has 4 rings (SSSR count). The van der Waals surface area contributed by atoms with Crippen LogP contribution in [0.2, 0.25) is 5.02 Å². The zero-order chi connectivity index (χ0) is 20.4. The lowest BCUT2D eigenvalue weighted by atomic mass is 10.0. The van der Waals surface area contributed by atoms with E-state index in [-0.39, 0.29) is 11.0 Å². The van der Waals surface area contributed by atoms with Gasteiger partial charge < -0.3 is 9.15 Å². The summed E-state index contributed by atoms with van der Waals surface area (Å²) < 4.78 is 24.6. The van der Waals surface area contributed by atoms with Gasteiger partial charge in [-0.1, -0.05) is 48.0 Å². The van der Waals surface area contributed by atoms with Crippen LogP contribution in [0.5, 0.6) is 0 Å². The van der Waals surface area contributed by atoms with Gasteiger partial charge in [0.1, 0.15) is 17.2 Å². The third kappa shape index (κ3) is 4.03. The predicted octanol–water partition coefficient (Wildman–Crippen LogP) is 6.66. The Bertz CT molecular complexity index is 1200. The Morgan fingerprint density at radius 2 is 1.90 bits per heavy atom. The van der Waals surface area contributed by atoms with Gasteiger partial charge in [0.05, 0.1) is 17.2 Å². The highest BCUT2D eigenvalue weighted by atomic mass is 35.5. The van der Waals surface area contributed by atoms with Crippen molar-refractivity contribution < 1.29 is 18.3 Å². The monoisotopic (exact) mass is 408 g/mol. The molecule has 29 heavy (non-hydrogen) atoms. The number of halogens is 2. The molecule has 3 nitrogen and oxygen atoms in total. The van der Waals surface area contributed by atoms with Gasteiger partial charge in [-0.05, 0) is 48.4 Å². The summed E-state index contributed by atoms with van der Waals surface area (Å²) >= 11 is 5.88. The fourth-order valence-corrected chi connectivity index (χ4v) is 3.51. The highest BCUT2D eigenvalue weighted by Gasteiger charge is 2.13. The fourth-order valence-electron chi connectivity index (χ4n) is 3.31. The minimum atomic E-state index is -0.441. The first kappa shape index (κ1) is 19.2.